The molecule has 2 aromatic rings. The number of hydrogen-bond acceptors (Lipinski definition) is 4. The maximum absolute atomic E-state index is 12.5. The second kappa shape index (κ2) is 6.50. The van der Waals surface area contributed by atoms with E-state index in [-0.39, 0.29) is 0 Å². The second-order valence-electron chi connectivity index (χ2n) is 5.53. The number of nitriles is 1. The maximum Gasteiger partial charge on any atom is 0.296 e. The fraction of sp³-hybridized carbons (Fsp3) is 0.222. The average Bonchev–Trinajstić information content (AvgIpc) is 2.62. The van der Waals surface area contributed by atoms with Gasteiger partial charge in [-0.05, 0) is 17.7 Å². The van der Waals surface area contributed by atoms with Crippen LogP contribution in [0.3, 0.4) is 0 Å². The Labute approximate surface area is 139 Å². The van der Waals surface area contributed by atoms with Crippen LogP contribution in [0.4, 0.5) is 0 Å². The number of nitrogens with one attached hydrogen (secondary N) is 1. The smallest absolute Gasteiger partial charge is 0.296 e. The number of piperidine rings is 1. The normalized spacial score (nSPS) is 23.2. The van der Waals surface area contributed by atoms with Gasteiger partial charge in [0.15, 0.2) is 12.4 Å². The van der Waals surface area contributed by atoms with E-state index in [1.54, 1.807) is 60.5 Å². The molecule has 6 heteroatoms. The van der Waals surface area contributed by atoms with Crippen molar-refractivity contribution in [2.24, 2.45) is 5.92 Å². The third-order valence-corrected chi connectivity index (χ3v) is 4.20. The van der Waals surface area contributed by atoms with Crippen molar-refractivity contribution in [3.8, 4) is 11.8 Å². The summed E-state index contributed by atoms with van der Waals surface area (Å²) in [7, 11) is 1.56. The van der Waals surface area contributed by atoms with Crippen LogP contribution >= 0.6 is 0 Å². The summed E-state index contributed by atoms with van der Waals surface area (Å²) in [4.78, 5) is 24.6. The molecule has 0 saturated carbocycles. The van der Waals surface area contributed by atoms with Gasteiger partial charge in [-0.2, -0.15) is 9.83 Å². The molecule has 120 valence electrons. The Morgan fingerprint density at radius 3 is 2.33 bits per heavy atom. The Bertz CT molecular complexity index is 797. The topological polar surface area (TPSA) is 83.1 Å². The SMILES string of the molecule is COc1ccc(C2C(C#N)C(=O)NC(=O)C2[n+]2ccccc2)cc1. The molecular weight excluding hydrogens is 306 g/mol. The van der Waals surface area contributed by atoms with Crippen molar-refractivity contribution in [1.82, 2.24) is 5.32 Å². The van der Waals surface area contributed by atoms with Crippen LogP contribution in [0.1, 0.15) is 17.5 Å². The lowest BCUT2D eigenvalue weighted by Crippen LogP contribution is -2.59. The quantitative estimate of drug-likeness (QED) is 0.678. The van der Waals surface area contributed by atoms with E-state index in [4.69, 9.17) is 4.74 Å². The summed E-state index contributed by atoms with van der Waals surface area (Å²) < 4.78 is 6.87. The molecule has 0 aliphatic carbocycles. The molecule has 3 atom stereocenters. The monoisotopic (exact) mass is 322 g/mol. The van der Waals surface area contributed by atoms with Crippen molar-refractivity contribution in [2.75, 3.05) is 7.11 Å². The number of methoxy groups -OCH3 is 1. The van der Waals surface area contributed by atoms with Crippen LogP contribution in [0.5, 0.6) is 5.75 Å². The van der Waals surface area contributed by atoms with E-state index < -0.39 is 29.7 Å². The first-order valence-electron chi connectivity index (χ1n) is 7.49. The number of pyridine rings is 1. The number of carbonyl (C=O) groups is 2. The highest BCUT2D eigenvalue weighted by Crippen LogP contribution is 2.36. The van der Waals surface area contributed by atoms with Crippen LogP contribution in [0, 0.1) is 17.2 Å². The van der Waals surface area contributed by atoms with Gasteiger partial charge < -0.3 is 4.74 Å². The molecule has 3 unspecified atom stereocenters. The van der Waals surface area contributed by atoms with Gasteiger partial charge in [0, 0.05) is 12.1 Å². The molecule has 0 bridgehead atoms. The van der Waals surface area contributed by atoms with E-state index in [0.717, 1.165) is 5.56 Å². The average molecular weight is 322 g/mol. The van der Waals surface area contributed by atoms with E-state index in [0.29, 0.717) is 5.75 Å². The molecule has 1 aromatic heterocycles. The van der Waals surface area contributed by atoms with Crippen LogP contribution in [0.2, 0.25) is 0 Å². The van der Waals surface area contributed by atoms with Crippen LogP contribution < -0.4 is 14.6 Å². The predicted octanol–water partition coefficient (Wildman–Crippen LogP) is 1.10. The molecule has 1 aliphatic rings. The van der Waals surface area contributed by atoms with Crippen molar-refractivity contribution < 1.29 is 18.9 Å². The lowest BCUT2D eigenvalue weighted by molar-refractivity contribution is -0.713. The lowest BCUT2D eigenvalue weighted by atomic mass is 9.77. The zero-order valence-electron chi connectivity index (χ0n) is 13.0. The van der Waals surface area contributed by atoms with Crippen molar-refractivity contribution >= 4 is 11.8 Å². The Hall–Kier alpha value is -3.20. The predicted molar refractivity (Wildman–Crippen MR) is 83.7 cm³/mol. The molecule has 0 radical (unpaired) electrons. The largest absolute Gasteiger partial charge is 0.497 e. The van der Waals surface area contributed by atoms with Crippen molar-refractivity contribution in [3.63, 3.8) is 0 Å². The highest BCUT2D eigenvalue weighted by molar-refractivity contribution is 6.02. The van der Waals surface area contributed by atoms with Crippen LogP contribution in [-0.4, -0.2) is 18.9 Å². The van der Waals surface area contributed by atoms with Crippen molar-refractivity contribution in [1.29, 1.82) is 5.26 Å². The standard InChI is InChI=1S/C18H15N3O3/c1-24-13-7-5-12(6-8-13)15-14(11-19)17(22)20-18(23)16(15)21-9-3-2-4-10-21/h2-10,14-16H,1H3/p+1. The van der Waals surface area contributed by atoms with Gasteiger partial charge in [-0.15, -0.1) is 0 Å². The van der Waals surface area contributed by atoms with Gasteiger partial charge in [0.2, 0.25) is 11.9 Å². The number of nitrogens with zero attached hydrogens (tertiary/aromatic N) is 2. The first-order chi connectivity index (χ1) is 11.7. The number of rotatable bonds is 3. The minimum atomic E-state index is -0.950. The van der Waals surface area contributed by atoms with Gasteiger partial charge in [0.05, 0.1) is 19.1 Å². The van der Waals surface area contributed by atoms with Gasteiger partial charge in [0.1, 0.15) is 11.7 Å². The molecule has 6 nitrogen and oxygen atoms in total. The van der Waals surface area contributed by atoms with Gasteiger partial charge in [-0.3, -0.25) is 14.9 Å². The molecule has 0 spiro atoms. The Kier molecular flexibility index (Phi) is 4.25. The molecule has 1 N–H and O–H groups in total. The number of carbonyl (C=O) groups excluding carboxylic acids is 2. The molecular formula is C18H16N3O3+. The number of imide groups is 1. The fourth-order valence-electron chi connectivity index (χ4n) is 3.04. The minimum Gasteiger partial charge on any atom is -0.497 e. The molecule has 24 heavy (non-hydrogen) atoms. The molecule has 2 amide bonds. The zero-order chi connectivity index (χ0) is 17.1. The summed E-state index contributed by atoms with van der Waals surface area (Å²) in [6.07, 6.45) is 3.51. The summed E-state index contributed by atoms with van der Waals surface area (Å²) in [5, 5.41) is 11.8. The maximum atomic E-state index is 12.5. The minimum absolute atomic E-state index is 0.413. The third-order valence-electron chi connectivity index (χ3n) is 4.20. The summed E-state index contributed by atoms with van der Waals surface area (Å²) >= 11 is 0. The highest BCUT2D eigenvalue weighted by Gasteiger charge is 2.50. The molecule has 1 fully saturated rings. The molecule has 2 heterocycles. The van der Waals surface area contributed by atoms with Gasteiger partial charge in [-0.25, -0.2) is 0 Å². The van der Waals surface area contributed by atoms with Crippen molar-refractivity contribution in [3.05, 3.63) is 60.4 Å². The van der Waals surface area contributed by atoms with Gasteiger partial charge >= 0.3 is 0 Å². The number of aromatic nitrogens is 1. The van der Waals surface area contributed by atoms with E-state index >= 15 is 0 Å². The number of amides is 2. The van der Waals surface area contributed by atoms with E-state index in [1.165, 1.54) is 0 Å². The summed E-state index contributed by atoms with van der Waals surface area (Å²) in [5.74, 6) is -1.83. The van der Waals surface area contributed by atoms with Gasteiger partial charge in [0.25, 0.3) is 5.91 Å². The van der Waals surface area contributed by atoms with E-state index in [9.17, 15) is 14.9 Å². The number of hydrogen-bond donors (Lipinski definition) is 1. The van der Waals surface area contributed by atoms with Crippen LogP contribution in [0.25, 0.3) is 0 Å². The summed E-state index contributed by atoms with van der Waals surface area (Å²) in [6.45, 7) is 0. The summed E-state index contributed by atoms with van der Waals surface area (Å²) in [6, 6.07) is 13.9. The lowest BCUT2D eigenvalue weighted by Gasteiger charge is -2.30. The highest BCUT2D eigenvalue weighted by atomic mass is 16.5. The number of benzene rings is 1. The van der Waals surface area contributed by atoms with Crippen molar-refractivity contribution in [2.45, 2.75) is 12.0 Å². The zero-order valence-corrected chi connectivity index (χ0v) is 13.0. The fourth-order valence-corrected chi connectivity index (χ4v) is 3.04. The van der Waals surface area contributed by atoms with E-state index in [1.807, 2.05) is 12.1 Å². The molecule has 3 rings (SSSR count). The first-order valence-corrected chi connectivity index (χ1v) is 7.49. The van der Waals surface area contributed by atoms with Crippen LogP contribution in [-0.2, 0) is 9.59 Å². The number of ether oxygens (including phenoxy) is 1. The Morgan fingerprint density at radius 1 is 1.08 bits per heavy atom. The summed E-state index contributed by atoms with van der Waals surface area (Å²) in [5.41, 5.74) is 0.743. The molecule has 1 saturated heterocycles. The Morgan fingerprint density at radius 2 is 1.75 bits per heavy atom. The molecule has 1 aliphatic heterocycles. The molecule has 1 aromatic carbocycles. The third kappa shape index (κ3) is 2.72. The second-order valence-corrected chi connectivity index (χ2v) is 5.53. The first kappa shape index (κ1) is 15.7. The van der Waals surface area contributed by atoms with E-state index in [2.05, 4.69) is 5.32 Å². The van der Waals surface area contributed by atoms with Gasteiger partial charge in [-0.1, -0.05) is 18.2 Å². The van der Waals surface area contributed by atoms with Crippen LogP contribution in [0.15, 0.2) is 54.9 Å². The Balaban J connectivity index is 2.11.